The fourth-order valence-corrected chi connectivity index (χ4v) is 2.04. The average Bonchev–Trinajstić information content (AvgIpc) is 2.87. The summed E-state index contributed by atoms with van der Waals surface area (Å²) in [6.07, 6.45) is 3.52. The Labute approximate surface area is 98.2 Å². The maximum Gasteiger partial charge on any atom is 0.267 e. The molecular weight excluding hydrogens is 226 g/mol. The van der Waals surface area contributed by atoms with Crippen molar-refractivity contribution < 1.29 is 9.90 Å². The average molecular weight is 241 g/mol. The van der Waals surface area contributed by atoms with Crippen LogP contribution in [0.3, 0.4) is 0 Å². The van der Waals surface area contributed by atoms with E-state index in [1.165, 1.54) is 6.20 Å². The van der Waals surface area contributed by atoms with Crippen LogP contribution in [0.4, 0.5) is 0 Å². The molecule has 0 radical (unpaired) electrons. The Balaban J connectivity index is 2.11. The molecule has 0 aromatic carbocycles. The first kappa shape index (κ1) is 11.5. The fraction of sp³-hybridized carbons (Fsp3) is 0.700. The number of amides is 1. The van der Waals surface area contributed by atoms with Crippen LogP contribution >= 0.6 is 11.5 Å². The molecule has 1 aromatic heterocycles. The third-order valence-electron chi connectivity index (χ3n) is 2.38. The first-order chi connectivity index (χ1) is 7.47. The van der Waals surface area contributed by atoms with Gasteiger partial charge in [0.2, 0.25) is 0 Å². The molecule has 1 amide bonds. The molecule has 1 N–H and O–H groups in total. The van der Waals surface area contributed by atoms with Crippen LogP contribution in [0.2, 0.25) is 0 Å². The summed E-state index contributed by atoms with van der Waals surface area (Å²) in [6.45, 7) is 3.77. The van der Waals surface area contributed by atoms with Crippen molar-refractivity contribution in [3.8, 4) is 0 Å². The summed E-state index contributed by atoms with van der Waals surface area (Å²) in [5, 5.41) is 13.4. The largest absolute Gasteiger partial charge is 0.389 e. The molecule has 1 fully saturated rings. The van der Waals surface area contributed by atoms with Crippen molar-refractivity contribution in [1.29, 1.82) is 0 Å². The number of rotatable bonds is 4. The van der Waals surface area contributed by atoms with Crippen LogP contribution in [0.25, 0.3) is 0 Å². The van der Waals surface area contributed by atoms with E-state index in [9.17, 15) is 9.90 Å². The van der Waals surface area contributed by atoms with Crippen LogP contribution in [-0.2, 0) is 0 Å². The summed E-state index contributed by atoms with van der Waals surface area (Å²) >= 11 is 1.10. The van der Waals surface area contributed by atoms with Crippen molar-refractivity contribution in [2.45, 2.75) is 38.3 Å². The van der Waals surface area contributed by atoms with Crippen LogP contribution in [-0.4, -0.2) is 43.7 Å². The van der Waals surface area contributed by atoms with Crippen molar-refractivity contribution in [2.24, 2.45) is 0 Å². The molecule has 0 unspecified atom stereocenters. The third-order valence-corrected chi connectivity index (χ3v) is 3.03. The van der Waals surface area contributed by atoms with Crippen LogP contribution < -0.4 is 0 Å². The van der Waals surface area contributed by atoms with Crippen LogP contribution in [0.1, 0.15) is 36.4 Å². The van der Waals surface area contributed by atoms with Gasteiger partial charge >= 0.3 is 0 Å². The Morgan fingerprint density at radius 3 is 2.81 bits per heavy atom. The maximum absolute atomic E-state index is 12.1. The first-order valence-corrected chi connectivity index (χ1v) is 6.05. The molecule has 2 rings (SSSR count). The second-order valence-electron chi connectivity index (χ2n) is 4.76. The standard InChI is InChI=1S/C10H15N3O2S/c1-10(2,15)6-13(7-3-4-7)9(14)8-5-11-12-16-8/h5,7,15H,3-4,6H2,1-2H3. The van der Waals surface area contributed by atoms with Gasteiger partial charge in [0.25, 0.3) is 5.91 Å². The molecule has 0 atom stereocenters. The molecule has 88 valence electrons. The summed E-state index contributed by atoms with van der Waals surface area (Å²) in [6, 6.07) is 0.279. The highest BCUT2D eigenvalue weighted by molar-refractivity contribution is 7.07. The number of nitrogens with zero attached hydrogens (tertiary/aromatic N) is 3. The number of hydrogen-bond donors (Lipinski definition) is 1. The minimum Gasteiger partial charge on any atom is -0.389 e. The highest BCUT2D eigenvalue weighted by atomic mass is 32.1. The molecule has 1 aromatic rings. The van der Waals surface area contributed by atoms with Gasteiger partial charge in [0.05, 0.1) is 11.8 Å². The lowest BCUT2D eigenvalue weighted by Crippen LogP contribution is -2.43. The maximum atomic E-state index is 12.1. The predicted octanol–water partition coefficient (Wildman–Crippen LogP) is 0.914. The number of carbonyl (C=O) groups excluding carboxylic acids is 1. The monoisotopic (exact) mass is 241 g/mol. The lowest BCUT2D eigenvalue weighted by Gasteiger charge is -2.28. The second-order valence-corrected chi connectivity index (χ2v) is 5.54. The predicted molar refractivity (Wildman–Crippen MR) is 60.3 cm³/mol. The molecule has 1 heterocycles. The number of carbonyl (C=O) groups is 1. The van der Waals surface area contributed by atoms with E-state index in [2.05, 4.69) is 9.59 Å². The lowest BCUT2D eigenvalue weighted by molar-refractivity contribution is 0.0281. The molecule has 5 nitrogen and oxygen atoms in total. The molecule has 0 bridgehead atoms. The zero-order valence-electron chi connectivity index (χ0n) is 9.38. The van der Waals surface area contributed by atoms with E-state index in [1.54, 1.807) is 18.7 Å². The van der Waals surface area contributed by atoms with Crippen molar-refractivity contribution >= 4 is 17.4 Å². The van der Waals surface area contributed by atoms with Crippen molar-refractivity contribution in [3.63, 3.8) is 0 Å². The van der Waals surface area contributed by atoms with E-state index in [0.717, 1.165) is 24.4 Å². The Morgan fingerprint density at radius 1 is 1.69 bits per heavy atom. The lowest BCUT2D eigenvalue weighted by atomic mass is 10.1. The van der Waals surface area contributed by atoms with E-state index in [0.29, 0.717) is 11.4 Å². The van der Waals surface area contributed by atoms with Crippen molar-refractivity contribution in [3.05, 3.63) is 11.1 Å². The van der Waals surface area contributed by atoms with Crippen molar-refractivity contribution in [2.75, 3.05) is 6.54 Å². The van der Waals surface area contributed by atoms with Gasteiger partial charge in [0.1, 0.15) is 4.88 Å². The van der Waals surface area contributed by atoms with Crippen LogP contribution in [0.15, 0.2) is 6.20 Å². The van der Waals surface area contributed by atoms with Gasteiger partial charge in [-0.05, 0) is 38.2 Å². The Kier molecular flexibility index (Phi) is 2.94. The van der Waals surface area contributed by atoms with Crippen molar-refractivity contribution in [1.82, 2.24) is 14.5 Å². The highest BCUT2D eigenvalue weighted by Gasteiger charge is 2.36. The molecule has 6 heteroatoms. The second kappa shape index (κ2) is 4.10. The Morgan fingerprint density at radius 2 is 2.38 bits per heavy atom. The first-order valence-electron chi connectivity index (χ1n) is 5.28. The summed E-state index contributed by atoms with van der Waals surface area (Å²) < 4.78 is 3.68. The molecule has 1 aliphatic carbocycles. The summed E-state index contributed by atoms with van der Waals surface area (Å²) in [5.74, 6) is -0.0698. The number of aliphatic hydroxyl groups is 1. The van der Waals surface area contributed by atoms with E-state index in [4.69, 9.17) is 0 Å². The number of aromatic nitrogens is 2. The zero-order valence-corrected chi connectivity index (χ0v) is 10.2. The molecule has 0 spiro atoms. The highest BCUT2D eigenvalue weighted by Crippen LogP contribution is 2.29. The zero-order chi connectivity index (χ0) is 11.8. The summed E-state index contributed by atoms with van der Waals surface area (Å²) in [4.78, 5) is 14.4. The molecule has 0 saturated heterocycles. The van der Waals surface area contributed by atoms with Gasteiger partial charge in [-0.3, -0.25) is 4.79 Å². The molecule has 16 heavy (non-hydrogen) atoms. The molecule has 1 saturated carbocycles. The van der Waals surface area contributed by atoms with Gasteiger partial charge in [-0.2, -0.15) is 0 Å². The van der Waals surface area contributed by atoms with Gasteiger partial charge < -0.3 is 10.0 Å². The smallest absolute Gasteiger partial charge is 0.267 e. The van der Waals surface area contributed by atoms with E-state index in [-0.39, 0.29) is 11.9 Å². The van der Waals surface area contributed by atoms with Crippen LogP contribution in [0.5, 0.6) is 0 Å². The fourth-order valence-electron chi connectivity index (χ4n) is 1.57. The summed E-state index contributed by atoms with van der Waals surface area (Å²) in [7, 11) is 0. The molecule has 0 aliphatic heterocycles. The van der Waals surface area contributed by atoms with Crippen LogP contribution in [0, 0.1) is 0 Å². The van der Waals surface area contributed by atoms with Gasteiger partial charge in [-0.1, -0.05) is 4.49 Å². The Hall–Kier alpha value is -1.01. The number of hydrogen-bond acceptors (Lipinski definition) is 5. The molecular formula is C10H15N3O2S. The third kappa shape index (κ3) is 2.76. The minimum absolute atomic E-state index is 0.0698. The minimum atomic E-state index is -0.865. The SMILES string of the molecule is CC(C)(O)CN(C(=O)c1cnns1)C1CC1. The molecule has 1 aliphatic rings. The topological polar surface area (TPSA) is 66.3 Å². The van der Waals surface area contributed by atoms with E-state index < -0.39 is 5.60 Å². The Bertz CT molecular complexity index is 368. The van der Waals surface area contributed by atoms with Gasteiger partial charge in [-0.25, -0.2) is 0 Å². The van der Waals surface area contributed by atoms with Gasteiger partial charge in [0, 0.05) is 12.6 Å². The van der Waals surface area contributed by atoms with E-state index in [1.807, 2.05) is 0 Å². The quantitative estimate of drug-likeness (QED) is 0.851. The summed E-state index contributed by atoms with van der Waals surface area (Å²) in [5.41, 5.74) is -0.865. The normalized spacial score (nSPS) is 16.2. The van der Waals surface area contributed by atoms with E-state index >= 15 is 0 Å². The van der Waals surface area contributed by atoms with Gasteiger partial charge in [-0.15, -0.1) is 5.10 Å². The van der Waals surface area contributed by atoms with Gasteiger partial charge in [0.15, 0.2) is 0 Å².